The first-order valence-corrected chi connectivity index (χ1v) is 9.87. The summed E-state index contributed by atoms with van der Waals surface area (Å²) < 4.78 is 5.80. The largest absolute Gasteiger partial charge is 0.441 e. The highest BCUT2D eigenvalue weighted by Crippen LogP contribution is 2.35. The number of H-pyrrole nitrogens is 1. The van der Waals surface area contributed by atoms with Gasteiger partial charge in [0.2, 0.25) is 0 Å². The van der Waals surface area contributed by atoms with E-state index in [1.54, 1.807) is 0 Å². The Morgan fingerprint density at radius 3 is 2.81 bits per heavy atom. The number of nitrogens with zero attached hydrogens (tertiary/aromatic N) is 2. The summed E-state index contributed by atoms with van der Waals surface area (Å²) in [7, 11) is 0. The Labute approximate surface area is 159 Å². The maximum absolute atomic E-state index is 12.9. The molecule has 2 amide bonds. The Bertz CT molecular complexity index is 851. The van der Waals surface area contributed by atoms with E-state index in [0.717, 1.165) is 23.7 Å². The summed E-state index contributed by atoms with van der Waals surface area (Å²) in [5.74, 6) is 0.0495. The topological polar surface area (TPSA) is 65.6 Å². The molecule has 0 bridgehead atoms. The van der Waals surface area contributed by atoms with Gasteiger partial charge in [0.25, 0.3) is 5.91 Å². The van der Waals surface area contributed by atoms with Crippen LogP contribution in [0, 0.1) is 0 Å². The maximum Gasteiger partial charge on any atom is 0.410 e. The van der Waals surface area contributed by atoms with Gasteiger partial charge >= 0.3 is 6.09 Å². The summed E-state index contributed by atoms with van der Waals surface area (Å²) in [6, 6.07) is 7.92. The van der Waals surface area contributed by atoms with E-state index in [-0.39, 0.29) is 18.0 Å². The molecule has 6 heteroatoms. The standard InChI is InChI=1S/C21H27N3O3/c1-3-4-15(2)24-14-21(27-20(24)26)8-11-23(12-9-21)19(25)17-5-6-18-16(13-17)7-10-22-18/h5-7,10,13,15,22H,3-4,8-9,11-12,14H2,1-2H3/t15-/m0/s1. The Balaban J connectivity index is 1.41. The quantitative estimate of drug-likeness (QED) is 0.892. The summed E-state index contributed by atoms with van der Waals surface area (Å²) in [5, 5.41) is 1.04. The lowest BCUT2D eigenvalue weighted by atomic mass is 9.90. The number of hydrogen-bond acceptors (Lipinski definition) is 3. The summed E-state index contributed by atoms with van der Waals surface area (Å²) in [6.07, 6.45) is 5.11. The predicted molar refractivity (Wildman–Crippen MR) is 104 cm³/mol. The van der Waals surface area contributed by atoms with E-state index >= 15 is 0 Å². The number of aromatic nitrogens is 1. The molecule has 2 saturated heterocycles. The number of benzene rings is 1. The molecule has 6 nitrogen and oxygen atoms in total. The molecule has 0 unspecified atom stereocenters. The van der Waals surface area contributed by atoms with Crippen LogP contribution < -0.4 is 0 Å². The van der Waals surface area contributed by atoms with Crippen molar-refractivity contribution in [3.8, 4) is 0 Å². The number of ether oxygens (including phenoxy) is 1. The van der Waals surface area contributed by atoms with Crippen molar-refractivity contribution in [1.82, 2.24) is 14.8 Å². The normalized spacial score (nSPS) is 20.3. The molecule has 1 aromatic carbocycles. The molecular formula is C21H27N3O3. The summed E-state index contributed by atoms with van der Waals surface area (Å²) in [6.45, 7) is 6.09. The van der Waals surface area contributed by atoms with Crippen molar-refractivity contribution in [2.24, 2.45) is 0 Å². The zero-order valence-electron chi connectivity index (χ0n) is 16.0. The first-order valence-electron chi connectivity index (χ1n) is 9.87. The van der Waals surface area contributed by atoms with Crippen molar-refractivity contribution in [3.05, 3.63) is 36.0 Å². The van der Waals surface area contributed by atoms with Gasteiger partial charge < -0.3 is 19.5 Å². The number of fused-ring (bicyclic) bond motifs is 1. The van der Waals surface area contributed by atoms with Crippen molar-refractivity contribution in [2.75, 3.05) is 19.6 Å². The molecule has 1 aromatic heterocycles. The first kappa shape index (κ1) is 17.9. The van der Waals surface area contributed by atoms with E-state index < -0.39 is 5.60 Å². The monoisotopic (exact) mass is 369 g/mol. The number of amides is 2. The molecule has 27 heavy (non-hydrogen) atoms. The molecule has 0 aliphatic carbocycles. The lowest BCUT2D eigenvalue weighted by molar-refractivity contribution is 0.00307. The van der Waals surface area contributed by atoms with Crippen LogP contribution in [0.5, 0.6) is 0 Å². The van der Waals surface area contributed by atoms with Crippen LogP contribution in [0.3, 0.4) is 0 Å². The van der Waals surface area contributed by atoms with Crippen molar-refractivity contribution >= 4 is 22.9 Å². The van der Waals surface area contributed by atoms with Crippen LogP contribution in [-0.2, 0) is 4.74 Å². The minimum absolute atomic E-state index is 0.0495. The molecular weight excluding hydrogens is 342 g/mol. The van der Waals surface area contributed by atoms with Crippen molar-refractivity contribution < 1.29 is 14.3 Å². The summed E-state index contributed by atoms with van der Waals surface area (Å²) >= 11 is 0. The lowest BCUT2D eigenvalue weighted by Gasteiger charge is -2.37. The fourth-order valence-corrected chi connectivity index (χ4v) is 4.31. The molecule has 2 aromatic rings. The van der Waals surface area contributed by atoms with Crippen LogP contribution in [0.25, 0.3) is 10.9 Å². The average molecular weight is 369 g/mol. The van der Waals surface area contributed by atoms with Gasteiger partial charge in [-0.25, -0.2) is 4.79 Å². The molecule has 4 rings (SSSR count). The molecule has 2 fully saturated rings. The van der Waals surface area contributed by atoms with Gasteiger partial charge in [0.15, 0.2) is 0 Å². The van der Waals surface area contributed by atoms with Crippen LogP contribution >= 0.6 is 0 Å². The number of rotatable bonds is 4. The van der Waals surface area contributed by atoms with E-state index in [9.17, 15) is 9.59 Å². The lowest BCUT2D eigenvalue weighted by Crippen LogP contribution is -2.49. The van der Waals surface area contributed by atoms with E-state index in [4.69, 9.17) is 4.74 Å². The number of nitrogens with one attached hydrogen (secondary N) is 1. The second-order valence-corrected chi connectivity index (χ2v) is 7.89. The number of hydrogen-bond donors (Lipinski definition) is 1. The molecule has 2 aliphatic rings. The van der Waals surface area contributed by atoms with Crippen LogP contribution in [0.1, 0.15) is 49.9 Å². The number of piperidine rings is 1. The van der Waals surface area contributed by atoms with Gasteiger partial charge in [0.1, 0.15) is 5.60 Å². The average Bonchev–Trinajstić information content (AvgIpc) is 3.26. The molecule has 0 radical (unpaired) electrons. The van der Waals surface area contributed by atoms with E-state index in [0.29, 0.717) is 38.0 Å². The number of likely N-dealkylation sites (tertiary alicyclic amines) is 1. The van der Waals surface area contributed by atoms with Gasteiger partial charge in [-0.05, 0) is 37.6 Å². The SMILES string of the molecule is CCC[C@H](C)N1CC2(CCN(C(=O)c3ccc4[nH]ccc4c3)CC2)OC1=O. The first-order chi connectivity index (χ1) is 13.0. The second-order valence-electron chi connectivity index (χ2n) is 7.89. The minimum atomic E-state index is -0.430. The third-order valence-electron chi connectivity index (χ3n) is 6.00. The van der Waals surface area contributed by atoms with E-state index in [1.165, 1.54) is 0 Å². The number of aromatic amines is 1. The van der Waals surface area contributed by atoms with Crippen LogP contribution in [0.2, 0.25) is 0 Å². The zero-order valence-corrected chi connectivity index (χ0v) is 16.0. The molecule has 2 aliphatic heterocycles. The summed E-state index contributed by atoms with van der Waals surface area (Å²) in [4.78, 5) is 32.1. The van der Waals surface area contributed by atoms with Crippen LogP contribution in [0.4, 0.5) is 4.79 Å². The van der Waals surface area contributed by atoms with Crippen molar-refractivity contribution in [1.29, 1.82) is 0 Å². The molecule has 1 N–H and O–H groups in total. The van der Waals surface area contributed by atoms with Crippen LogP contribution in [0.15, 0.2) is 30.5 Å². The molecule has 1 spiro atoms. The van der Waals surface area contributed by atoms with Gasteiger partial charge in [-0.3, -0.25) is 4.79 Å². The fraction of sp³-hybridized carbons (Fsp3) is 0.524. The third kappa shape index (κ3) is 3.29. The maximum atomic E-state index is 12.9. The fourth-order valence-electron chi connectivity index (χ4n) is 4.31. The number of carbonyl (C=O) groups is 2. The Morgan fingerprint density at radius 1 is 1.30 bits per heavy atom. The second kappa shape index (κ2) is 6.91. The zero-order chi connectivity index (χ0) is 19.0. The van der Waals surface area contributed by atoms with E-state index in [1.807, 2.05) is 40.3 Å². The molecule has 144 valence electrons. The highest BCUT2D eigenvalue weighted by atomic mass is 16.6. The highest BCUT2D eigenvalue weighted by Gasteiger charge is 2.48. The van der Waals surface area contributed by atoms with Gasteiger partial charge in [-0.15, -0.1) is 0 Å². The Morgan fingerprint density at radius 2 is 2.07 bits per heavy atom. The molecule has 0 saturated carbocycles. The van der Waals surface area contributed by atoms with Crippen molar-refractivity contribution in [2.45, 2.75) is 51.2 Å². The van der Waals surface area contributed by atoms with Gasteiger partial charge in [-0.1, -0.05) is 13.3 Å². The van der Waals surface area contributed by atoms with Gasteiger partial charge in [-0.2, -0.15) is 0 Å². The number of carbonyl (C=O) groups excluding carboxylic acids is 2. The third-order valence-corrected chi connectivity index (χ3v) is 6.00. The predicted octanol–water partition coefficient (Wildman–Crippen LogP) is 3.78. The molecule has 3 heterocycles. The van der Waals surface area contributed by atoms with Gasteiger partial charge in [0.05, 0.1) is 6.54 Å². The Hall–Kier alpha value is -2.50. The Kier molecular flexibility index (Phi) is 4.58. The van der Waals surface area contributed by atoms with Crippen molar-refractivity contribution in [3.63, 3.8) is 0 Å². The minimum Gasteiger partial charge on any atom is -0.441 e. The summed E-state index contributed by atoms with van der Waals surface area (Å²) in [5.41, 5.74) is 1.31. The van der Waals surface area contributed by atoms with Crippen LogP contribution in [-0.4, -0.2) is 58.1 Å². The smallest absolute Gasteiger partial charge is 0.410 e. The molecule has 1 atom stereocenters. The van der Waals surface area contributed by atoms with Gasteiger partial charge in [0, 0.05) is 54.6 Å². The highest BCUT2D eigenvalue weighted by molar-refractivity contribution is 5.98. The van der Waals surface area contributed by atoms with E-state index in [2.05, 4.69) is 18.8 Å².